The van der Waals surface area contributed by atoms with Gasteiger partial charge in [0.25, 0.3) is 5.69 Å². The van der Waals surface area contributed by atoms with Crippen LogP contribution in [0.15, 0.2) is 12.1 Å². The predicted molar refractivity (Wildman–Crippen MR) is 41.1 cm³/mol. The lowest BCUT2D eigenvalue weighted by Gasteiger charge is -1.95. The van der Waals surface area contributed by atoms with Crippen molar-refractivity contribution < 1.29 is 14.5 Å². The zero-order valence-electron chi connectivity index (χ0n) is 6.68. The molecule has 0 aliphatic heterocycles. The average molecular weight is 181 g/mol. The van der Waals surface area contributed by atoms with E-state index in [-0.39, 0.29) is 11.4 Å². The molecule has 0 fully saturated rings. The van der Waals surface area contributed by atoms with Crippen molar-refractivity contribution in [3.05, 3.63) is 34.1 Å². The molecule has 1 aromatic heterocycles. The Kier molecular flexibility index (Phi) is 2.53. The van der Waals surface area contributed by atoms with Gasteiger partial charge in [-0.05, 0) is 6.07 Å². The number of pyridine rings is 1. The molecule has 6 nitrogen and oxygen atoms in total. The van der Waals surface area contributed by atoms with E-state index < -0.39 is 10.9 Å². The maximum atomic E-state index is 10.8. The number of carbonyl (C=O) groups is 1. The summed E-state index contributed by atoms with van der Waals surface area (Å²) in [5, 5.41) is 10.2. The van der Waals surface area contributed by atoms with Crippen LogP contribution in [-0.2, 0) is 4.74 Å². The predicted octanol–water partition coefficient (Wildman–Crippen LogP) is 0.577. The zero-order valence-corrected chi connectivity index (χ0v) is 6.68. The molecule has 0 unspecified atom stereocenters. The molecule has 0 saturated heterocycles. The van der Waals surface area contributed by atoms with Gasteiger partial charge in [0.2, 0.25) is 0 Å². The van der Waals surface area contributed by atoms with E-state index in [1.165, 1.54) is 13.2 Å². The van der Waals surface area contributed by atoms with E-state index in [2.05, 4.69) is 15.9 Å². The summed E-state index contributed by atoms with van der Waals surface area (Å²) in [4.78, 5) is 23.8. The summed E-state index contributed by atoms with van der Waals surface area (Å²) in [7, 11) is 1.20. The van der Waals surface area contributed by atoms with Crippen LogP contribution in [-0.4, -0.2) is 23.0 Å². The van der Waals surface area contributed by atoms with E-state index >= 15 is 0 Å². The van der Waals surface area contributed by atoms with Gasteiger partial charge in [-0.1, -0.05) is 0 Å². The van der Waals surface area contributed by atoms with Gasteiger partial charge in [0.1, 0.15) is 5.69 Å². The molecule has 0 bridgehead atoms. The van der Waals surface area contributed by atoms with Crippen LogP contribution in [0.5, 0.6) is 0 Å². The first-order valence-corrected chi connectivity index (χ1v) is 3.26. The molecule has 1 radical (unpaired) electrons. The fourth-order valence-corrected chi connectivity index (χ4v) is 0.670. The van der Waals surface area contributed by atoms with Crippen molar-refractivity contribution in [1.29, 1.82) is 0 Å². The third-order valence-electron chi connectivity index (χ3n) is 1.28. The summed E-state index contributed by atoms with van der Waals surface area (Å²) < 4.78 is 4.35. The number of nitrogens with zero attached hydrogens (tertiary/aromatic N) is 2. The molecule has 0 atom stereocenters. The Hall–Kier alpha value is -1.98. The second kappa shape index (κ2) is 3.61. The zero-order chi connectivity index (χ0) is 9.84. The number of ether oxygens (including phenoxy) is 1. The molecule has 67 valence electrons. The lowest BCUT2D eigenvalue weighted by atomic mass is 10.3. The summed E-state index contributed by atoms with van der Waals surface area (Å²) >= 11 is 0. The molecule has 0 aromatic carbocycles. The molecule has 13 heavy (non-hydrogen) atoms. The molecule has 0 N–H and O–H groups in total. The Morgan fingerprint density at radius 1 is 1.69 bits per heavy atom. The van der Waals surface area contributed by atoms with Gasteiger partial charge in [-0.25, -0.2) is 9.78 Å². The fourth-order valence-electron chi connectivity index (χ4n) is 0.670. The van der Waals surface area contributed by atoms with Gasteiger partial charge >= 0.3 is 5.97 Å². The Labute approximate surface area is 73.3 Å². The summed E-state index contributed by atoms with van der Waals surface area (Å²) in [5.41, 5.74) is -0.291. The maximum Gasteiger partial charge on any atom is 0.356 e. The average Bonchev–Trinajstić information content (AvgIpc) is 2.17. The third kappa shape index (κ3) is 1.98. The number of hydrogen-bond acceptors (Lipinski definition) is 5. The number of nitro groups is 1. The standard InChI is InChI=1S/C7H5N2O4/c1-13-7(10)6-3-2-5(4-8-6)9(11)12/h2-3H,1H3. The summed E-state index contributed by atoms with van der Waals surface area (Å²) in [6.07, 6.45) is 2.10. The van der Waals surface area contributed by atoms with E-state index in [1.807, 2.05) is 0 Å². The SMILES string of the molecule is COC(=O)c1ccc([N+](=O)[O-])[c]n1. The molecule has 0 aliphatic carbocycles. The normalized spacial score (nSPS) is 9.31. The maximum absolute atomic E-state index is 10.8. The first-order chi connectivity index (χ1) is 6.15. The van der Waals surface area contributed by atoms with Crippen molar-refractivity contribution in [2.75, 3.05) is 7.11 Å². The van der Waals surface area contributed by atoms with Crippen LogP contribution in [0.3, 0.4) is 0 Å². The number of aromatic nitrogens is 1. The molecule has 1 rings (SSSR count). The van der Waals surface area contributed by atoms with Crippen LogP contribution < -0.4 is 0 Å². The molecule has 0 amide bonds. The van der Waals surface area contributed by atoms with Crippen molar-refractivity contribution in [3.63, 3.8) is 0 Å². The highest BCUT2D eigenvalue weighted by Crippen LogP contribution is 2.08. The largest absolute Gasteiger partial charge is 0.464 e. The van der Waals surface area contributed by atoms with Crippen LogP contribution in [0.1, 0.15) is 10.5 Å². The first kappa shape index (κ1) is 9.11. The minimum absolute atomic E-state index is 0.00639. The molecular formula is C7H5N2O4. The third-order valence-corrected chi connectivity index (χ3v) is 1.28. The lowest BCUT2D eigenvalue weighted by Crippen LogP contribution is -2.04. The smallest absolute Gasteiger partial charge is 0.356 e. The van der Waals surface area contributed by atoms with Gasteiger partial charge in [-0.3, -0.25) is 10.1 Å². The highest BCUT2D eigenvalue weighted by Gasteiger charge is 2.10. The number of esters is 1. The van der Waals surface area contributed by atoms with Gasteiger partial charge in [-0.2, -0.15) is 0 Å². The van der Waals surface area contributed by atoms with Crippen molar-refractivity contribution in [2.45, 2.75) is 0 Å². The molecule has 0 spiro atoms. The second-order valence-corrected chi connectivity index (χ2v) is 2.08. The molecule has 0 saturated carbocycles. The monoisotopic (exact) mass is 181 g/mol. The van der Waals surface area contributed by atoms with Gasteiger partial charge in [0.15, 0.2) is 6.20 Å². The van der Waals surface area contributed by atoms with Crippen LogP contribution >= 0.6 is 0 Å². The summed E-state index contributed by atoms with van der Waals surface area (Å²) in [6, 6.07) is 2.35. The Morgan fingerprint density at radius 2 is 2.38 bits per heavy atom. The number of carbonyl (C=O) groups excluding carboxylic acids is 1. The van der Waals surface area contributed by atoms with Crippen LogP contribution in [0.2, 0.25) is 0 Å². The van der Waals surface area contributed by atoms with E-state index in [0.29, 0.717) is 0 Å². The van der Waals surface area contributed by atoms with E-state index in [9.17, 15) is 14.9 Å². The molecular weight excluding hydrogens is 176 g/mol. The minimum Gasteiger partial charge on any atom is -0.464 e. The van der Waals surface area contributed by atoms with Crippen molar-refractivity contribution >= 4 is 11.7 Å². The van der Waals surface area contributed by atoms with Crippen LogP contribution in [0.25, 0.3) is 0 Å². The first-order valence-electron chi connectivity index (χ1n) is 3.26. The highest BCUT2D eigenvalue weighted by atomic mass is 16.6. The minimum atomic E-state index is -0.647. The van der Waals surface area contributed by atoms with Gasteiger partial charge < -0.3 is 4.74 Å². The van der Waals surface area contributed by atoms with Crippen molar-refractivity contribution in [2.24, 2.45) is 0 Å². The molecule has 0 aliphatic rings. The van der Waals surface area contributed by atoms with Gasteiger partial charge in [0, 0.05) is 6.07 Å². The van der Waals surface area contributed by atoms with Crippen molar-refractivity contribution in [3.8, 4) is 0 Å². The molecule has 1 aromatic rings. The molecule has 6 heteroatoms. The second-order valence-electron chi connectivity index (χ2n) is 2.08. The van der Waals surface area contributed by atoms with Gasteiger partial charge in [0.05, 0.1) is 12.0 Å². The Bertz CT molecular complexity index is 333. The Balaban J connectivity index is 2.93. The van der Waals surface area contributed by atoms with E-state index in [0.717, 1.165) is 6.07 Å². The van der Waals surface area contributed by atoms with E-state index in [1.54, 1.807) is 0 Å². The van der Waals surface area contributed by atoms with E-state index in [4.69, 9.17) is 0 Å². The summed E-state index contributed by atoms with van der Waals surface area (Å²) in [5.74, 6) is -0.647. The highest BCUT2D eigenvalue weighted by molar-refractivity contribution is 5.87. The topological polar surface area (TPSA) is 82.3 Å². The Morgan fingerprint density at radius 3 is 2.77 bits per heavy atom. The van der Waals surface area contributed by atoms with Crippen LogP contribution in [0, 0.1) is 16.3 Å². The van der Waals surface area contributed by atoms with Crippen LogP contribution in [0.4, 0.5) is 5.69 Å². The number of hydrogen-bond donors (Lipinski definition) is 0. The van der Waals surface area contributed by atoms with Gasteiger partial charge in [-0.15, -0.1) is 0 Å². The molecule has 1 heterocycles. The number of methoxy groups -OCH3 is 1. The quantitative estimate of drug-likeness (QED) is 0.378. The van der Waals surface area contributed by atoms with Crippen molar-refractivity contribution in [1.82, 2.24) is 4.98 Å². The fraction of sp³-hybridized carbons (Fsp3) is 0.143. The number of rotatable bonds is 2. The lowest BCUT2D eigenvalue weighted by molar-refractivity contribution is -0.385. The summed E-state index contributed by atoms with van der Waals surface area (Å²) in [6.45, 7) is 0.